The molecule has 108 valence electrons. The van der Waals surface area contributed by atoms with Crippen molar-refractivity contribution in [3.63, 3.8) is 0 Å². The molecule has 0 amide bonds. The summed E-state index contributed by atoms with van der Waals surface area (Å²) >= 11 is 0. The number of nitriles is 1. The molecule has 1 rings (SSSR count). The zero-order valence-corrected chi connectivity index (χ0v) is 12.3. The highest BCUT2D eigenvalue weighted by Crippen LogP contribution is 2.28. The molecule has 1 aromatic rings. The number of anilines is 1. The van der Waals surface area contributed by atoms with Gasteiger partial charge in [0.15, 0.2) is 5.82 Å². The number of aliphatic carboxylic acids is 1. The van der Waals surface area contributed by atoms with Crippen molar-refractivity contribution in [3.05, 3.63) is 16.8 Å². The summed E-state index contributed by atoms with van der Waals surface area (Å²) in [4.78, 5) is 11.4. The van der Waals surface area contributed by atoms with E-state index in [2.05, 4.69) is 21.6 Å². The molecule has 0 radical (unpaired) electrons. The predicted octanol–water partition coefficient (Wildman–Crippen LogP) is 2.27. The van der Waals surface area contributed by atoms with Crippen LogP contribution in [0.4, 0.5) is 5.82 Å². The Morgan fingerprint density at radius 1 is 1.35 bits per heavy atom. The normalized spacial score (nSPS) is 10.9. The molecule has 0 aliphatic heterocycles. The van der Waals surface area contributed by atoms with E-state index in [9.17, 15) is 15.2 Å². The van der Waals surface area contributed by atoms with Crippen LogP contribution in [0.15, 0.2) is 0 Å². The van der Waals surface area contributed by atoms with Gasteiger partial charge in [0.25, 0.3) is 0 Å². The molecule has 6 nitrogen and oxygen atoms in total. The first-order chi connectivity index (χ1) is 9.41. The molecule has 0 atom stereocenters. The third kappa shape index (κ3) is 2.87. The fraction of sp³-hybridized carbons (Fsp3) is 0.571. The summed E-state index contributed by atoms with van der Waals surface area (Å²) in [6.07, 6.45) is 1.01. The Morgan fingerprint density at radius 3 is 2.40 bits per heavy atom. The van der Waals surface area contributed by atoms with Gasteiger partial charge in [-0.05, 0) is 32.3 Å². The van der Waals surface area contributed by atoms with Crippen molar-refractivity contribution >= 4 is 11.8 Å². The maximum Gasteiger partial charge on any atom is 0.311 e. The van der Waals surface area contributed by atoms with Gasteiger partial charge in [0.2, 0.25) is 0 Å². The molecule has 0 fully saturated rings. The van der Waals surface area contributed by atoms with Crippen molar-refractivity contribution in [2.45, 2.75) is 40.5 Å². The summed E-state index contributed by atoms with van der Waals surface area (Å²) in [6, 6.07) is 2.09. The van der Waals surface area contributed by atoms with Crippen molar-refractivity contribution in [3.8, 4) is 6.07 Å². The van der Waals surface area contributed by atoms with Gasteiger partial charge in [-0.2, -0.15) is 10.4 Å². The lowest BCUT2D eigenvalue weighted by Gasteiger charge is -2.27. The van der Waals surface area contributed by atoms with Crippen molar-refractivity contribution in [1.29, 1.82) is 5.26 Å². The van der Waals surface area contributed by atoms with Crippen LogP contribution in [0.25, 0.3) is 0 Å². The Hall–Kier alpha value is -2.16. The Labute approximate surface area is 118 Å². The largest absolute Gasteiger partial charge is 0.481 e. The Balaban J connectivity index is 3.04. The quantitative estimate of drug-likeness (QED) is 0.826. The number of hydrogen-bond donors (Lipinski definition) is 2. The second-order valence-electron chi connectivity index (χ2n) is 4.89. The van der Waals surface area contributed by atoms with Crippen LogP contribution in [0, 0.1) is 30.6 Å². The minimum Gasteiger partial charge on any atom is -0.481 e. The average Bonchev–Trinajstić information content (AvgIpc) is 2.44. The van der Waals surface area contributed by atoms with Gasteiger partial charge in [-0.25, -0.2) is 0 Å². The number of hydrogen-bond acceptors (Lipinski definition) is 5. The Bertz CT molecular complexity index is 545. The topological polar surface area (TPSA) is 98.9 Å². The molecule has 0 spiro atoms. The summed E-state index contributed by atoms with van der Waals surface area (Å²) < 4.78 is 0. The molecule has 6 heteroatoms. The lowest BCUT2D eigenvalue weighted by molar-refractivity contribution is -0.148. The molecule has 1 aromatic heterocycles. The average molecular weight is 276 g/mol. The maximum absolute atomic E-state index is 11.4. The number of nitrogens with zero attached hydrogens (tertiary/aromatic N) is 3. The minimum atomic E-state index is -0.854. The van der Waals surface area contributed by atoms with E-state index >= 15 is 0 Å². The lowest BCUT2D eigenvalue weighted by Crippen LogP contribution is -2.37. The van der Waals surface area contributed by atoms with Crippen LogP contribution in [0.2, 0.25) is 0 Å². The van der Waals surface area contributed by atoms with Gasteiger partial charge in [0.05, 0.1) is 11.1 Å². The van der Waals surface area contributed by atoms with Crippen LogP contribution in [0.1, 0.15) is 43.5 Å². The molecule has 0 aliphatic rings. The van der Waals surface area contributed by atoms with Gasteiger partial charge < -0.3 is 10.4 Å². The van der Waals surface area contributed by atoms with Gasteiger partial charge >= 0.3 is 5.97 Å². The zero-order chi connectivity index (χ0) is 15.3. The van der Waals surface area contributed by atoms with Crippen LogP contribution in [-0.4, -0.2) is 27.8 Å². The lowest BCUT2D eigenvalue weighted by atomic mass is 9.82. The fourth-order valence-corrected chi connectivity index (χ4v) is 2.00. The van der Waals surface area contributed by atoms with Crippen LogP contribution < -0.4 is 5.32 Å². The third-order valence-electron chi connectivity index (χ3n) is 3.97. The fourth-order valence-electron chi connectivity index (χ4n) is 2.00. The SMILES string of the molecule is CCC(CC)(CNc1nnc(C)c(C)c1C#N)C(=O)O. The third-order valence-corrected chi connectivity index (χ3v) is 3.97. The van der Waals surface area contributed by atoms with Crippen LogP contribution in [-0.2, 0) is 4.79 Å². The minimum absolute atomic E-state index is 0.223. The monoisotopic (exact) mass is 276 g/mol. The van der Waals surface area contributed by atoms with Crippen LogP contribution in [0.5, 0.6) is 0 Å². The molecule has 0 unspecified atom stereocenters. The standard InChI is InChI=1S/C14H20N4O2/c1-5-14(6-2,13(19)20)8-16-12-11(7-15)9(3)10(4)17-18-12/h5-6,8H2,1-4H3,(H,16,18)(H,19,20). The molecule has 1 heterocycles. The summed E-state index contributed by atoms with van der Waals surface area (Å²) in [5.74, 6) is -0.492. The van der Waals surface area contributed by atoms with E-state index in [0.29, 0.717) is 29.9 Å². The first-order valence-corrected chi connectivity index (χ1v) is 6.63. The molecule has 2 N–H and O–H groups in total. The molecule has 0 aromatic carbocycles. The Morgan fingerprint density at radius 2 is 1.95 bits per heavy atom. The van der Waals surface area contributed by atoms with Gasteiger partial charge in [-0.3, -0.25) is 4.79 Å². The molecule has 0 aliphatic carbocycles. The summed E-state index contributed by atoms with van der Waals surface area (Å²) in [6.45, 7) is 7.50. The zero-order valence-electron chi connectivity index (χ0n) is 12.3. The van der Waals surface area contributed by atoms with E-state index in [0.717, 1.165) is 5.56 Å². The molecular formula is C14H20N4O2. The van der Waals surface area contributed by atoms with Crippen LogP contribution >= 0.6 is 0 Å². The van der Waals surface area contributed by atoms with Gasteiger partial charge in [-0.1, -0.05) is 13.8 Å². The highest BCUT2D eigenvalue weighted by atomic mass is 16.4. The molecular weight excluding hydrogens is 256 g/mol. The van der Waals surface area contributed by atoms with Crippen LogP contribution in [0.3, 0.4) is 0 Å². The highest BCUT2D eigenvalue weighted by Gasteiger charge is 2.35. The number of carboxylic acid groups (broad SMARTS) is 1. The molecule has 0 bridgehead atoms. The van der Waals surface area contributed by atoms with Gasteiger partial charge in [0.1, 0.15) is 11.6 Å². The number of carbonyl (C=O) groups is 1. The molecule has 20 heavy (non-hydrogen) atoms. The van der Waals surface area contributed by atoms with E-state index < -0.39 is 11.4 Å². The maximum atomic E-state index is 11.4. The second kappa shape index (κ2) is 6.33. The van der Waals surface area contributed by atoms with Gasteiger partial charge in [0, 0.05) is 6.54 Å². The van der Waals surface area contributed by atoms with Crippen molar-refractivity contribution < 1.29 is 9.90 Å². The number of nitrogens with one attached hydrogen (secondary N) is 1. The van der Waals surface area contributed by atoms with E-state index in [1.54, 1.807) is 13.8 Å². The number of rotatable bonds is 6. The Kier molecular flexibility index (Phi) is 5.03. The van der Waals surface area contributed by atoms with Crippen molar-refractivity contribution in [1.82, 2.24) is 10.2 Å². The molecule has 0 saturated carbocycles. The van der Waals surface area contributed by atoms with Crippen molar-refractivity contribution in [2.75, 3.05) is 11.9 Å². The van der Waals surface area contributed by atoms with E-state index in [-0.39, 0.29) is 6.54 Å². The number of aromatic nitrogens is 2. The smallest absolute Gasteiger partial charge is 0.311 e. The van der Waals surface area contributed by atoms with Gasteiger partial charge in [-0.15, -0.1) is 5.10 Å². The first kappa shape index (κ1) is 15.9. The summed E-state index contributed by atoms with van der Waals surface area (Å²) in [7, 11) is 0. The summed E-state index contributed by atoms with van der Waals surface area (Å²) in [5, 5.41) is 29.5. The second-order valence-corrected chi connectivity index (χ2v) is 4.89. The van der Waals surface area contributed by atoms with Crippen molar-refractivity contribution in [2.24, 2.45) is 5.41 Å². The van der Waals surface area contributed by atoms with E-state index in [1.807, 2.05) is 13.8 Å². The first-order valence-electron chi connectivity index (χ1n) is 6.63. The van der Waals surface area contributed by atoms with E-state index in [1.165, 1.54) is 0 Å². The highest BCUT2D eigenvalue weighted by molar-refractivity contribution is 5.75. The number of aryl methyl sites for hydroxylation is 1. The van der Waals surface area contributed by atoms with E-state index in [4.69, 9.17) is 0 Å². The molecule has 0 saturated heterocycles. The number of carboxylic acids is 1. The summed E-state index contributed by atoms with van der Waals surface area (Å²) in [5.41, 5.74) is 1.03. The predicted molar refractivity (Wildman–Crippen MR) is 75.4 cm³/mol.